The van der Waals surface area contributed by atoms with Crippen molar-refractivity contribution in [3.05, 3.63) is 34.3 Å². The fraction of sp³-hybridized carbons (Fsp3) is 0.588. The van der Waals surface area contributed by atoms with Crippen LogP contribution in [0.4, 0.5) is 0 Å². The summed E-state index contributed by atoms with van der Waals surface area (Å²) in [5.41, 5.74) is 1.19. The number of ether oxygens (including phenoxy) is 1. The van der Waals surface area contributed by atoms with Crippen molar-refractivity contribution in [2.24, 2.45) is 0 Å². The maximum atomic E-state index is 12.0. The highest BCUT2D eigenvalue weighted by atomic mass is 79.9. The quantitative estimate of drug-likeness (QED) is 0.738. The molecule has 0 N–H and O–H groups in total. The van der Waals surface area contributed by atoms with Crippen LogP contribution >= 0.6 is 15.9 Å². The monoisotopic (exact) mass is 353 g/mol. The second kappa shape index (κ2) is 8.54. The van der Waals surface area contributed by atoms with E-state index in [1.54, 1.807) is 0 Å². The summed E-state index contributed by atoms with van der Waals surface area (Å²) in [6, 6.07) is 8.41. The lowest BCUT2D eigenvalue weighted by atomic mass is 10.0. The first-order valence-corrected chi connectivity index (χ1v) is 8.65. The van der Waals surface area contributed by atoms with Crippen molar-refractivity contribution >= 4 is 21.9 Å². The van der Waals surface area contributed by atoms with Gasteiger partial charge in [-0.1, -0.05) is 40.9 Å². The first-order chi connectivity index (χ1) is 10.2. The Hall–Kier alpha value is -0.870. The van der Waals surface area contributed by atoms with Crippen LogP contribution < -0.4 is 0 Å². The van der Waals surface area contributed by atoms with Crippen molar-refractivity contribution in [2.75, 3.05) is 19.7 Å². The number of nitrogens with zero attached hydrogens (tertiary/aromatic N) is 1. The molecule has 1 aliphatic rings. The number of esters is 1. The topological polar surface area (TPSA) is 29.5 Å². The van der Waals surface area contributed by atoms with Gasteiger partial charge in [-0.2, -0.15) is 0 Å². The Bertz CT molecular complexity index is 456. The van der Waals surface area contributed by atoms with Gasteiger partial charge in [-0.15, -0.1) is 0 Å². The fourth-order valence-electron chi connectivity index (χ4n) is 2.96. The molecular weight excluding hydrogens is 330 g/mol. The van der Waals surface area contributed by atoms with Crippen LogP contribution in [-0.2, 0) is 9.53 Å². The van der Waals surface area contributed by atoms with E-state index >= 15 is 0 Å². The molecule has 1 unspecified atom stereocenters. The predicted octanol–water partition coefficient (Wildman–Crippen LogP) is 4.32. The van der Waals surface area contributed by atoms with Crippen LogP contribution in [-0.4, -0.2) is 30.6 Å². The minimum atomic E-state index is -0.105. The zero-order chi connectivity index (χ0) is 15.1. The molecule has 0 radical (unpaired) electrons. The van der Waals surface area contributed by atoms with Gasteiger partial charge in [-0.05, 0) is 50.6 Å². The van der Waals surface area contributed by atoms with Gasteiger partial charge < -0.3 is 4.74 Å². The Morgan fingerprint density at radius 1 is 1.29 bits per heavy atom. The Balaban J connectivity index is 2.18. The SMILES string of the molecule is CCOC(=O)CC(c1cccc(Br)c1)N1CCCCCC1. The van der Waals surface area contributed by atoms with Gasteiger partial charge in [-0.25, -0.2) is 0 Å². The van der Waals surface area contributed by atoms with E-state index in [1.165, 1.54) is 31.2 Å². The molecule has 2 rings (SSSR count). The molecule has 0 spiro atoms. The lowest BCUT2D eigenvalue weighted by molar-refractivity contribution is -0.144. The standard InChI is InChI=1S/C17H24BrNO2/c1-2-21-17(20)13-16(14-8-7-9-15(18)12-14)19-10-5-3-4-6-11-19/h7-9,12,16H,2-6,10-11,13H2,1H3. The van der Waals surface area contributed by atoms with E-state index in [9.17, 15) is 4.79 Å². The first-order valence-electron chi connectivity index (χ1n) is 7.86. The molecule has 21 heavy (non-hydrogen) atoms. The Kier molecular flexibility index (Phi) is 6.71. The third kappa shape index (κ3) is 5.11. The Morgan fingerprint density at radius 2 is 2.00 bits per heavy atom. The smallest absolute Gasteiger partial charge is 0.307 e. The van der Waals surface area contributed by atoms with Crippen molar-refractivity contribution in [2.45, 2.75) is 45.1 Å². The Labute approximate surface area is 135 Å². The highest BCUT2D eigenvalue weighted by Crippen LogP contribution is 2.29. The molecule has 1 atom stereocenters. The number of halogens is 1. The summed E-state index contributed by atoms with van der Waals surface area (Å²) in [6.45, 7) is 4.44. The van der Waals surface area contributed by atoms with Crippen LogP contribution in [0.1, 0.15) is 50.6 Å². The molecule has 1 aromatic carbocycles. The van der Waals surface area contributed by atoms with Gasteiger partial charge in [0, 0.05) is 10.5 Å². The van der Waals surface area contributed by atoms with Crippen molar-refractivity contribution in [3.63, 3.8) is 0 Å². The number of hydrogen-bond donors (Lipinski definition) is 0. The zero-order valence-corrected chi connectivity index (χ0v) is 14.3. The van der Waals surface area contributed by atoms with Crippen molar-refractivity contribution in [1.82, 2.24) is 4.90 Å². The molecular formula is C17H24BrNO2. The summed E-state index contributed by atoms with van der Waals surface area (Å²) in [6.07, 6.45) is 5.45. The second-order valence-corrected chi connectivity index (χ2v) is 6.45. The largest absolute Gasteiger partial charge is 0.466 e. The van der Waals surface area contributed by atoms with E-state index in [4.69, 9.17) is 4.74 Å². The van der Waals surface area contributed by atoms with E-state index in [-0.39, 0.29) is 12.0 Å². The molecule has 1 fully saturated rings. The molecule has 1 saturated heterocycles. The number of carbonyl (C=O) groups is 1. The number of hydrogen-bond acceptors (Lipinski definition) is 3. The average molecular weight is 354 g/mol. The van der Waals surface area contributed by atoms with E-state index < -0.39 is 0 Å². The van der Waals surface area contributed by atoms with E-state index in [0.717, 1.165) is 17.6 Å². The third-order valence-corrected chi connectivity index (χ3v) is 4.47. The fourth-order valence-corrected chi connectivity index (χ4v) is 3.37. The third-order valence-electron chi connectivity index (χ3n) is 3.98. The predicted molar refractivity (Wildman–Crippen MR) is 88.2 cm³/mol. The van der Waals surface area contributed by atoms with Gasteiger partial charge in [0.1, 0.15) is 0 Å². The number of likely N-dealkylation sites (tertiary alicyclic amines) is 1. The minimum Gasteiger partial charge on any atom is -0.466 e. The van der Waals surface area contributed by atoms with Crippen LogP contribution in [0.3, 0.4) is 0 Å². The van der Waals surface area contributed by atoms with Crippen LogP contribution in [0.2, 0.25) is 0 Å². The van der Waals surface area contributed by atoms with E-state index in [0.29, 0.717) is 13.0 Å². The molecule has 0 saturated carbocycles. The van der Waals surface area contributed by atoms with E-state index in [2.05, 4.69) is 33.0 Å². The van der Waals surface area contributed by atoms with Gasteiger partial charge in [0.05, 0.1) is 13.0 Å². The van der Waals surface area contributed by atoms with Gasteiger partial charge in [-0.3, -0.25) is 9.69 Å². The summed E-state index contributed by atoms with van der Waals surface area (Å²) in [7, 11) is 0. The minimum absolute atomic E-state index is 0.105. The molecule has 0 aliphatic carbocycles. The lowest BCUT2D eigenvalue weighted by Crippen LogP contribution is -2.31. The van der Waals surface area contributed by atoms with Crippen LogP contribution in [0.5, 0.6) is 0 Å². The second-order valence-electron chi connectivity index (χ2n) is 5.53. The summed E-state index contributed by atoms with van der Waals surface area (Å²) in [5, 5.41) is 0. The van der Waals surface area contributed by atoms with Gasteiger partial charge in [0.2, 0.25) is 0 Å². The van der Waals surface area contributed by atoms with Gasteiger partial charge in [0.15, 0.2) is 0 Å². The molecule has 0 amide bonds. The molecule has 4 heteroatoms. The average Bonchev–Trinajstić information content (AvgIpc) is 2.74. The summed E-state index contributed by atoms with van der Waals surface area (Å²) < 4.78 is 6.23. The Morgan fingerprint density at radius 3 is 2.62 bits per heavy atom. The summed E-state index contributed by atoms with van der Waals surface area (Å²) in [4.78, 5) is 14.4. The number of benzene rings is 1. The molecule has 3 nitrogen and oxygen atoms in total. The van der Waals surface area contributed by atoms with E-state index in [1.807, 2.05) is 19.1 Å². The van der Waals surface area contributed by atoms with Crippen molar-refractivity contribution < 1.29 is 9.53 Å². The normalized spacial score (nSPS) is 18.0. The zero-order valence-electron chi connectivity index (χ0n) is 12.7. The van der Waals surface area contributed by atoms with Crippen molar-refractivity contribution in [1.29, 1.82) is 0 Å². The van der Waals surface area contributed by atoms with Gasteiger partial charge >= 0.3 is 5.97 Å². The molecule has 1 aliphatic heterocycles. The maximum absolute atomic E-state index is 12.0. The first kappa shape index (κ1) is 16.5. The molecule has 1 heterocycles. The van der Waals surface area contributed by atoms with Gasteiger partial charge in [0.25, 0.3) is 0 Å². The van der Waals surface area contributed by atoms with Crippen LogP contribution in [0.15, 0.2) is 28.7 Å². The van der Waals surface area contributed by atoms with Crippen molar-refractivity contribution in [3.8, 4) is 0 Å². The number of rotatable bonds is 5. The molecule has 0 aromatic heterocycles. The molecule has 1 aromatic rings. The van der Waals surface area contributed by atoms with Crippen LogP contribution in [0.25, 0.3) is 0 Å². The summed E-state index contributed by atoms with van der Waals surface area (Å²) in [5.74, 6) is -0.105. The molecule has 116 valence electrons. The number of carbonyl (C=O) groups excluding carboxylic acids is 1. The highest BCUT2D eigenvalue weighted by molar-refractivity contribution is 9.10. The summed E-state index contributed by atoms with van der Waals surface area (Å²) >= 11 is 3.53. The van der Waals surface area contributed by atoms with Crippen LogP contribution in [0, 0.1) is 0 Å². The lowest BCUT2D eigenvalue weighted by Gasteiger charge is -2.30. The maximum Gasteiger partial charge on any atom is 0.307 e. The highest BCUT2D eigenvalue weighted by Gasteiger charge is 2.24. The molecule has 0 bridgehead atoms.